The molecule has 106 valence electrons. The highest BCUT2D eigenvalue weighted by molar-refractivity contribution is 7.85. The number of hydrogen-bond donors (Lipinski definition) is 0. The van der Waals surface area contributed by atoms with E-state index in [9.17, 15) is 4.21 Å². The Bertz CT molecular complexity index is 439. The molecule has 1 aromatic rings. The molecule has 0 aromatic heterocycles. The zero-order valence-electron chi connectivity index (χ0n) is 11.8. The summed E-state index contributed by atoms with van der Waals surface area (Å²) in [5, 5.41) is 0. The van der Waals surface area contributed by atoms with Gasteiger partial charge in [-0.05, 0) is 45.7 Å². The van der Waals surface area contributed by atoms with Gasteiger partial charge in [0.15, 0.2) is 5.79 Å². The Balaban J connectivity index is 1.74. The van der Waals surface area contributed by atoms with Crippen LogP contribution in [0.3, 0.4) is 0 Å². The largest absolute Gasteiger partial charge is 0.348 e. The zero-order valence-corrected chi connectivity index (χ0v) is 12.7. The zero-order chi connectivity index (χ0) is 13.9. The van der Waals surface area contributed by atoms with Crippen molar-refractivity contribution in [1.29, 1.82) is 0 Å². The van der Waals surface area contributed by atoms with Crippen LogP contribution in [0.1, 0.15) is 32.3 Å². The third-order valence-electron chi connectivity index (χ3n) is 3.21. The first kappa shape index (κ1) is 14.7. The van der Waals surface area contributed by atoms with E-state index in [0.717, 1.165) is 17.7 Å². The summed E-state index contributed by atoms with van der Waals surface area (Å²) in [5.74, 6) is 0.226. The Labute approximate surface area is 117 Å². The molecule has 1 unspecified atom stereocenters. The summed E-state index contributed by atoms with van der Waals surface area (Å²) < 4.78 is 23.3. The lowest BCUT2D eigenvalue weighted by Gasteiger charge is -2.16. The maximum Gasteiger partial charge on any atom is 0.163 e. The molecule has 19 heavy (non-hydrogen) atoms. The Hall–Kier alpha value is -0.710. The van der Waals surface area contributed by atoms with Crippen molar-refractivity contribution >= 4 is 10.8 Å². The van der Waals surface area contributed by atoms with E-state index in [1.807, 2.05) is 45.0 Å². The smallest absolute Gasteiger partial charge is 0.163 e. The predicted octanol–water partition coefficient (Wildman–Crippen LogP) is 3.03. The lowest BCUT2D eigenvalue weighted by atomic mass is 10.2. The number of ether oxygens (including phenoxy) is 2. The van der Waals surface area contributed by atoms with Crippen molar-refractivity contribution in [2.75, 3.05) is 12.4 Å². The summed E-state index contributed by atoms with van der Waals surface area (Å²) in [6.07, 6.45) is 1.94. The van der Waals surface area contributed by atoms with Crippen LogP contribution in [0.2, 0.25) is 0 Å². The van der Waals surface area contributed by atoms with Crippen LogP contribution in [0.15, 0.2) is 29.2 Å². The van der Waals surface area contributed by atoms with Crippen LogP contribution >= 0.6 is 0 Å². The molecule has 1 aromatic carbocycles. The third-order valence-corrected chi connectivity index (χ3v) is 4.66. The maximum absolute atomic E-state index is 12.1. The molecular formula is C15H22O3S. The van der Waals surface area contributed by atoms with Crippen LogP contribution in [0, 0.1) is 6.92 Å². The second-order valence-corrected chi connectivity index (χ2v) is 7.03. The van der Waals surface area contributed by atoms with E-state index >= 15 is 0 Å². The summed E-state index contributed by atoms with van der Waals surface area (Å²) in [4.78, 5) is 0.912. The molecule has 0 bridgehead atoms. The van der Waals surface area contributed by atoms with Crippen LogP contribution in [-0.2, 0) is 20.3 Å². The molecule has 0 radical (unpaired) electrons. The van der Waals surface area contributed by atoms with Gasteiger partial charge in [0.2, 0.25) is 0 Å². The quantitative estimate of drug-likeness (QED) is 0.832. The molecule has 0 saturated carbocycles. The number of rotatable bonds is 5. The standard InChI is InChI=1S/C15H22O3S/c1-12-6-8-14(9-7-12)19(16)10-4-5-13-11-17-15(2,3)18-13/h6-9,13H,4-5,10-11H2,1-3H3/t13-,19?/m0/s1. The molecule has 2 atom stereocenters. The van der Waals surface area contributed by atoms with Crippen LogP contribution in [0.25, 0.3) is 0 Å². The van der Waals surface area contributed by atoms with Crippen molar-refractivity contribution < 1.29 is 13.7 Å². The third kappa shape index (κ3) is 4.41. The van der Waals surface area contributed by atoms with Crippen molar-refractivity contribution in [3.63, 3.8) is 0 Å². The van der Waals surface area contributed by atoms with Gasteiger partial charge in [-0.1, -0.05) is 17.7 Å². The summed E-state index contributed by atoms with van der Waals surface area (Å²) in [5.41, 5.74) is 1.19. The molecule has 3 nitrogen and oxygen atoms in total. The van der Waals surface area contributed by atoms with Crippen LogP contribution in [0.5, 0.6) is 0 Å². The van der Waals surface area contributed by atoms with E-state index in [1.54, 1.807) is 0 Å². The summed E-state index contributed by atoms with van der Waals surface area (Å²) in [7, 11) is -0.907. The molecule has 0 N–H and O–H groups in total. The molecule has 4 heteroatoms. The molecule has 1 aliphatic heterocycles. The first-order valence-corrected chi connectivity index (χ1v) is 8.05. The number of hydrogen-bond acceptors (Lipinski definition) is 3. The van der Waals surface area contributed by atoms with Crippen molar-refractivity contribution in [2.24, 2.45) is 0 Å². The number of benzene rings is 1. The maximum atomic E-state index is 12.1. The highest BCUT2D eigenvalue weighted by Gasteiger charge is 2.32. The minimum Gasteiger partial charge on any atom is -0.348 e. The second-order valence-electron chi connectivity index (χ2n) is 5.46. The fourth-order valence-corrected chi connectivity index (χ4v) is 3.26. The van der Waals surface area contributed by atoms with Gasteiger partial charge in [0.1, 0.15) is 0 Å². The van der Waals surface area contributed by atoms with E-state index in [2.05, 4.69) is 0 Å². The van der Waals surface area contributed by atoms with Gasteiger partial charge in [0, 0.05) is 10.6 Å². The number of aryl methyl sites for hydroxylation is 1. The van der Waals surface area contributed by atoms with Gasteiger partial charge in [0.25, 0.3) is 0 Å². The van der Waals surface area contributed by atoms with Crippen molar-refractivity contribution in [3.8, 4) is 0 Å². The van der Waals surface area contributed by atoms with Crippen molar-refractivity contribution in [3.05, 3.63) is 29.8 Å². The minimum atomic E-state index is -0.907. The first-order valence-electron chi connectivity index (χ1n) is 6.73. The Kier molecular flexibility index (Phi) is 4.76. The summed E-state index contributed by atoms with van der Waals surface area (Å²) in [6.45, 7) is 6.53. The average Bonchev–Trinajstić information content (AvgIpc) is 2.69. The van der Waals surface area contributed by atoms with Gasteiger partial charge in [-0.15, -0.1) is 0 Å². The Morgan fingerprint density at radius 2 is 2.00 bits per heavy atom. The minimum absolute atomic E-state index is 0.144. The molecule has 0 amide bonds. The highest BCUT2D eigenvalue weighted by Crippen LogP contribution is 2.25. The van der Waals surface area contributed by atoms with Crippen LogP contribution in [-0.4, -0.2) is 28.5 Å². The van der Waals surface area contributed by atoms with E-state index in [1.165, 1.54) is 5.56 Å². The van der Waals surface area contributed by atoms with E-state index in [4.69, 9.17) is 9.47 Å². The van der Waals surface area contributed by atoms with Crippen molar-refractivity contribution in [1.82, 2.24) is 0 Å². The molecule has 1 fully saturated rings. The molecule has 2 rings (SSSR count). The highest BCUT2D eigenvalue weighted by atomic mass is 32.2. The SMILES string of the molecule is Cc1ccc(S(=O)CCC[C@H]2COC(C)(C)O2)cc1. The second kappa shape index (κ2) is 6.16. The fraction of sp³-hybridized carbons (Fsp3) is 0.600. The predicted molar refractivity (Wildman–Crippen MR) is 76.6 cm³/mol. The van der Waals surface area contributed by atoms with E-state index in [-0.39, 0.29) is 6.10 Å². The van der Waals surface area contributed by atoms with Gasteiger partial charge in [-0.2, -0.15) is 0 Å². The van der Waals surface area contributed by atoms with Gasteiger partial charge >= 0.3 is 0 Å². The molecular weight excluding hydrogens is 260 g/mol. The molecule has 0 aliphatic carbocycles. The van der Waals surface area contributed by atoms with Crippen LogP contribution in [0.4, 0.5) is 0 Å². The molecule has 1 heterocycles. The Morgan fingerprint density at radius 3 is 2.58 bits per heavy atom. The Morgan fingerprint density at radius 1 is 1.32 bits per heavy atom. The van der Waals surface area contributed by atoms with E-state index in [0.29, 0.717) is 12.4 Å². The average molecular weight is 282 g/mol. The van der Waals surface area contributed by atoms with E-state index < -0.39 is 16.6 Å². The topological polar surface area (TPSA) is 35.5 Å². The lowest BCUT2D eigenvalue weighted by Crippen LogP contribution is -2.21. The van der Waals surface area contributed by atoms with Crippen LogP contribution < -0.4 is 0 Å². The fourth-order valence-electron chi connectivity index (χ4n) is 2.16. The van der Waals surface area contributed by atoms with Crippen molar-refractivity contribution in [2.45, 2.75) is 50.4 Å². The van der Waals surface area contributed by atoms with Gasteiger partial charge in [-0.25, -0.2) is 0 Å². The first-order chi connectivity index (χ1) is 8.96. The molecule has 0 spiro atoms. The molecule has 1 saturated heterocycles. The summed E-state index contributed by atoms with van der Waals surface area (Å²) >= 11 is 0. The lowest BCUT2D eigenvalue weighted by molar-refractivity contribution is -0.138. The summed E-state index contributed by atoms with van der Waals surface area (Å²) in [6, 6.07) is 7.90. The monoisotopic (exact) mass is 282 g/mol. The van der Waals surface area contributed by atoms with Gasteiger partial charge in [-0.3, -0.25) is 4.21 Å². The normalized spacial score (nSPS) is 23.4. The van der Waals surface area contributed by atoms with Gasteiger partial charge < -0.3 is 9.47 Å². The van der Waals surface area contributed by atoms with Gasteiger partial charge in [0.05, 0.1) is 23.5 Å². The molecule has 1 aliphatic rings.